The number of para-hydroxylation sites is 1. The summed E-state index contributed by atoms with van der Waals surface area (Å²) in [5.74, 6) is 0.421. The van der Waals surface area contributed by atoms with Crippen LogP contribution in [-0.4, -0.2) is 12.5 Å². The van der Waals surface area contributed by atoms with Crippen LogP contribution in [0, 0.1) is 5.92 Å². The molecule has 0 unspecified atom stereocenters. The number of primary amides is 1. The molecule has 68 valence electrons. The molecular weight excluding hydrogens is 166 g/mol. The van der Waals surface area contributed by atoms with Crippen molar-refractivity contribution < 1.29 is 9.53 Å². The highest BCUT2D eigenvalue weighted by Gasteiger charge is 2.23. The summed E-state index contributed by atoms with van der Waals surface area (Å²) in [5.41, 5.74) is 6.27. The summed E-state index contributed by atoms with van der Waals surface area (Å²) in [6, 6.07) is 7.73. The van der Waals surface area contributed by atoms with E-state index in [0.717, 1.165) is 11.3 Å². The van der Waals surface area contributed by atoms with Crippen LogP contribution in [0.2, 0.25) is 0 Å². The lowest BCUT2D eigenvalue weighted by Crippen LogP contribution is -2.33. The Kier molecular flexibility index (Phi) is 1.93. The molecule has 1 aliphatic rings. The van der Waals surface area contributed by atoms with E-state index in [1.54, 1.807) is 0 Å². The van der Waals surface area contributed by atoms with Crippen molar-refractivity contribution in [1.29, 1.82) is 0 Å². The van der Waals surface area contributed by atoms with Crippen molar-refractivity contribution in [1.82, 2.24) is 0 Å². The van der Waals surface area contributed by atoms with Crippen molar-refractivity contribution in [3.05, 3.63) is 29.8 Å². The Balaban J connectivity index is 2.24. The number of fused-ring (bicyclic) bond motifs is 1. The Bertz CT molecular complexity index is 335. The minimum Gasteiger partial charge on any atom is -0.492 e. The molecule has 1 heterocycles. The first-order valence-corrected chi connectivity index (χ1v) is 4.27. The van der Waals surface area contributed by atoms with Gasteiger partial charge in [0.05, 0.1) is 5.92 Å². The van der Waals surface area contributed by atoms with Crippen LogP contribution in [0.5, 0.6) is 5.75 Å². The van der Waals surface area contributed by atoms with Crippen molar-refractivity contribution >= 4 is 5.91 Å². The highest BCUT2D eigenvalue weighted by atomic mass is 16.5. The number of hydrogen-bond acceptors (Lipinski definition) is 2. The summed E-state index contributed by atoms with van der Waals surface area (Å²) < 4.78 is 5.40. The van der Waals surface area contributed by atoms with Crippen LogP contribution >= 0.6 is 0 Å². The molecule has 1 aromatic carbocycles. The average molecular weight is 177 g/mol. The summed E-state index contributed by atoms with van der Waals surface area (Å²) in [5, 5.41) is 0. The molecule has 0 bridgehead atoms. The second-order valence-electron chi connectivity index (χ2n) is 3.22. The van der Waals surface area contributed by atoms with Gasteiger partial charge in [-0.25, -0.2) is 0 Å². The van der Waals surface area contributed by atoms with E-state index >= 15 is 0 Å². The number of rotatable bonds is 1. The highest BCUT2D eigenvalue weighted by Crippen LogP contribution is 2.26. The fourth-order valence-corrected chi connectivity index (χ4v) is 1.51. The van der Waals surface area contributed by atoms with Gasteiger partial charge in [0.15, 0.2) is 0 Å². The van der Waals surface area contributed by atoms with E-state index in [2.05, 4.69) is 0 Å². The van der Waals surface area contributed by atoms with Gasteiger partial charge in [-0.05, 0) is 18.1 Å². The number of nitrogens with two attached hydrogens (primary N) is 1. The summed E-state index contributed by atoms with van der Waals surface area (Å²) in [7, 11) is 0. The van der Waals surface area contributed by atoms with Crippen molar-refractivity contribution in [2.75, 3.05) is 6.61 Å². The molecule has 2 N–H and O–H groups in total. The first kappa shape index (κ1) is 8.10. The highest BCUT2D eigenvalue weighted by molar-refractivity contribution is 5.77. The smallest absolute Gasteiger partial charge is 0.224 e. The second kappa shape index (κ2) is 3.09. The third-order valence-corrected chi connectivity index (χ3v) is 2.28. The van der Waals surface area contributed by atoms with Crippen LogP contribution in [0.4, 0.5) is 0 Å². The maximum atomic E-state index is 10.9. The average Bonchev–Trinajstić information content (AvgIpc) is 2.17. The van der Waals surface area contributed by atoms with Crippen LogP contribution in [0.1, 0.15) is 5.56 Å². The van der Waals surface area contributed by atoms with Crippen molar-refractivity contribution in [2.45, 2.75) is 6.42 Å². The fourth-order valence-electron chi connectivity index (χ4n) is 1.51. The zero-order chi connectivity index (χ0) is 9.26. The molecule has 3 heteroatoms. The van der Waals surface area contributed by atoms with Crippen LogP contribution in [0.25, 0.3) is 0 Å². The van der Waals surface area contributed by atoms with Crippen LogP contribution < -0.4 is 10.5 Å². The van der Waals surface area contributed by atoms with Gasteiger partial charge in [-0.2, -0.15) is 0 Å². The Labute approximate surface area is 76.5 Å². The molecule has 0 saturated heterocycles. The normalized spacial score (nSPS) is 20.2. The van der Waals surface area contributed by atoms with Crippen molar-refractivity contribution in [3.8, 4) is 5.75 Å². The zero-order valence-electron chi connectivity index (χ0n) is 7.19. The molecule has 1 aromatic rings. The van der Waals surface area contributed by atoms with E-state index in [4.69, 9.17) is 10.5 Å². The largest absolute Gasteiger partial charge is 0.492 e. The van der Waals surface area contributed by atoms with E-state index in [1.807, 2.05) is 24.3 Å². The summed E-state index contributed by atoms with van der Waals surface area (Å²) in [6.45, 7) is 0.409. The predicted octanol–water partition coefficient (Wildman–Crippen LogP) is 0.723. The summed E-state index contributed by atoms with van der Waals surface area (Å²) in [4.78, 5) is 10.9. The molecule has 0 saturated carbocycles. The molecular formula is C10H11NO2. The molecule has 1 atom stereocenters. The Morgan fingerprint density at radius 3 is 3.00 bits per heavy atom. The van der Waals surface area contributed by atoms with Crippen LogP contribution in [-0.2, 0) is 11.2 Å². The van der Waals surface area contributed by atoms with Crippen LogP contribution in [0.15, 0.2) is 24.3 Å². The SMILES string of the molecule is NC(=O)[C@@H]1COc2ccccc2C1. The molecule has 13 heavy (non-hydrogen) atoms. The molecule has 3 nitrogen and oxygen atoms in total. The van der Waals surface area contributed by atoms with Gasteiger partial charge in [-0.1, -0.05) is 18.2 Å². The minimum atomic E-state index is -0.283. The topological polar surface area (TPSA) is 52.3 Å². The van der Waals surface area contributed by atoms with Gasteiger partial charge in [0.25, 0.3) is 0 Å². The lowest BCUT2D eigenvalue weighted by Gasteiger charge is -2.22. The number of hydrogen-bond donors (Lipinski definition) is 1. The van der Waals surface area contributed by atoms with E-state index < -0.39 is 0 Å². The Morgan fingerprint density at radius 2 is 2.23 bits per heavy atom. The fraction of sp³-hybridized carbons (Fsp3) is 0.300. The summed E-state index contributed by atoms with van der Waals surface area (Å²) >= 11 is 0. The van der Waals surface area contributed by atoms with E-state index in [-0.39, 0.29) is 11.8 Å². The predicted molar refractivity (Wildman–Crippen MR) is 48.3 cm³/mol. The van der Waals surface area contributed by atoms with Gasteiger partial charge < -0.3 is 10.5 Å². The summed E-state index contributed by atoms with van der Waals surface area (Å²) in [6.07, 6.45) is 0.700. The first-order valence-electron chi connectivity index (χ1n) is 4.27. The maximum absolute atomic E-state index is 10.9. The number of ether oxygens (including phenoxy) is 1. The monoisotopic (exact) mass is 177 g/mol. The van der Waals surface area contributed by atoms with Crippen LogP contribution in [0.3, 0.4) is 0 Å². The maximum Gasteiger partial charge on any atom is 0.224 e. The number of carbonyl (C=O) groups excluding carboxylic acids is 1. The van der Waals surface area contributed by atoms with Gasteiger partial charge in [-0.3, -0.25) is 4.79 Å². The van der Waals surface area contributed by atoms with E-state index in [1.165, 1.54) is 0 Å². The molecule has 0 aliphatic carbocycles. The minimum absolute atomic E-state index is 0.171. The Morgan fingerprint density at radius 1 is 1.46 bits per heavy atom. The third kappa shape index (κ3) is 1.49. The van der Waals surface area contributed by atoms with Gasteiger partial charge >= 0.3 is 0 Å². The second-order valence-corrected chi connectivity index (χ2v) is 3.22. The standard InChI is InChI=1S/C10H11NO2/c11-10(12)8-5-7-3-1-2-4-9(7)13-6-8/h1-4,8H,5-6H2,(H2,11,12)/t8-/m0/s1. The lowest BCUT2D eigenvalue weighted by molar-refractivity contribution is -0.123. The number of amides is 1. The van der Waals surface area contributed by atoms with Gasteiger partial charge in [-0.15, -0.1) is 0 Å². The lowest BCUT2D eigenvalue weighted by atomic mass is 9.96. The first-order chi connectivity index (χ1) is 6.27. The molecule has 2 rings (SSSR count). The van der Waals surface area contributed by atoms with Crippen molar-refractivity contribution in [2.24, 2.45) is 11.7 Å². The molecule has 0 radical (unpaired) electrons. The quantitative estimate of drug-likeness (QED) is 0.687. The number of benzene rings is 1. The van der Waals surface area contributed by atoms with Gasteiger partial charge in [0, 0.05) is 0 Å². The third-order valence-electron chi connectivity index (χ3n) is 2.28. The van der Waals surface area contributed by atoms with Crippen molar-refractivity contribution in [3.63, 3.8) is 0 Å². The van der Waals surface area contributed by atoms with E-state index in [0.29, 0.717) is 13.0 Å². The number of carbonyl (C=O) groups is 1. The van der Waals surface area contributed by atoms with Gasteiger partial charge in [0.2, 0.25) is 5.91 Å². The van der Waals surface area contributed by atoms with E-state index in [9.17, 15) is 4.79 Å². The molecule has 0 aromatic heterocycles. The molecule has 0 spiro atoms. The van der Waals surface area contributed by atoms with Gasteiger partial charge in [0.1, 0.15) is 12.4 Å². The molecule has 1 aliphatic heterocycles. The molecule has 0 fully saturated rings. The Hall–Kier alpha value is -1.51. The zero-order valence-corrected chi connectivity index (χ0v) is 7.19. The molecule has 1 amide bonds.